The number of hydrogen-bond acceptors (Lipinski definition) is 4. The van der Waals surface area contributed by atoms with Crippen molar-refractivity contribution < 1.29 is 4.39 Å². The van der Waals surface area contributed by atoms with E-state index in [-0.39, 0.29) is 11.0 Å². The molecule has 0 atom stereocenters. The minimum atomic E-state index is -0.524. The highest BCUT2D eigenvalue weighted by molar-refractivity contribution is 6.02. The molecule has 2 aromatic carbocycles. The fourth-order valence-corrected chi connectivity index (χ4v) is 5.61. The van der Waals surface area contributed by atoms with Gasteiger partial charge in [-0.3, -0.25) is 9.67 Å². The zero-order chi connectivity index (χ0) is 25.7. The average molecular weight is 493 g/mol. The van der Waals surface area contributed by atoms with E-state index in [0.717, 1.165) is 71.1 Å². The highest BCUT2D eigenvalue weighted by Gasteiger charge is 2.30. The van der Waals surface area contributed by atoms with E-state index in [1.54, 1.807) is 6.07 Å². The van der Waals surface area contributed by atoms with E-state index < -0.39 is 5.82 Å². The Labute approximate surface area is 215 Å². The van der Waals surface area contributed by atoms with Crippen LogP contribution in [0, 0.1) is 22.6 Å². The molecule has 0 aliphatic carbocycles. The smallest absolute Gasteiger partial charge is 0.141 e. The minimum absolute atomic E-state index is 0.0370. The largest absolute Gasteiger partial charge is 0.346 e. The number of hydrogen-bond donors (Lipinski definition) is 0. The lowest BCUT2D eigenvalue weighted by Crippen LogP contribution is -2.38. The van der Waals surface area contributed by atoms with Crippen LogP contribution in [0.4, 0.5) is 4.39 Å². The van der Waals surface area contributed by atoms with Crippen molar-refractivity contribution in [2.75, 3.05) is 20.1 Å². The van der Waals surface area contributed by atoms with Gasteiger partial charge in [0.25, 0.3) is 0 Å². The van der Waals surface area contributed by atoms with Gasteiger partial charge in [0, 0.05) is 41.7 Å². The second-order valence-electron chi connectivity index (χ2n) is 10.7. The van der Waals surface area contributed by atoms with Crippen LogP contribution < -0.4 is 0 Å². The maximum absolute atomic E-state index is 14.8. The fraction of sp³-hybridized carbons (Fsp3) is 0.300. The zero-order valence-corrected chi connectivity index (χ0v) is 21.4. The first-order valence-electron chi connectivity index (χ1n) is 12.6. The molecule has 1 fully saturated rings. The van der Waals surface area contributed by atoms with Crippen LogP contribution in [-0.2, 0) is 13.6 Å². The summed E-state index contributed by atoms with van der Waals surface area (Å²) in [5.74, 6) is -0.524. The van der Waals surface area contributed by atoms with Crippen LogP contribution >= 0.6 is 0 Å². The Morgan fingerprint density at radius 1 is 1.00 bits per heavy atom. The number of nitrogens with zero attached hydrogens (tertiary/aromatic N) is 6. The molecule has 0 saturated carbocycles. The number of rotatable bonds is 4. The van der Waals surface area contributed by atoms with Gasteiger partial charge in [0.15, 0.2) is 0 Å². The van der Waals surface area contributed by atoms with Crippen molar-refractivity contribution >= 4 is 21.8 Å². The van der Waals surface area contributed by atoms with E-state index >= 15 is 0 Å². The molecule has 1 saturated heterocycles. The highest BCUT2D eigenvalue weighted by atomic mass is 19.1. The molecule has 0 bridgehead atoms. The molecule has 0 amide bonds. The monoisotopic (exact) mass is 492 g/mol. The number of piperidine rings is 1. The molecule has 7 heteroatoms. The Kier molecular flexibility index (Phi) is 5.58. The fourth-order valence-electron chi connectivity index (χ4n) is 5.61. The number of halogens is 1. The maximum Gasteiger partial charge on any atom is 0.141 e. The molecule has 1 aliphatic rings. The molecule has 5 aromatic rings. The van der Waals surface area contributed by atoms with Gasteiger partial charge in [-0.05, 0) is 74.3 Å². The molecule has 186 valence electrons. The van der Waals surface area contributed by atoms with E-state index in [2.05, 4.69) is 46.9 Å². The number of aryl methyl sites for hydroxylation is 1. The normalized spacial score (nSPS) is 15.9. The summed E-state index contributed by atoms with van der Waals surface area (Å²) < 4.78 is 19.0. The molecule has 6 rings (SSSR count). The topological polar surface area (TPSA) is 62.7 Å². The van der Waals surface area contributed by atoms with Gasteiger partial charge in [-0.2, -0.15) is 10.4 Å². The van der Waals surface area contributed by atoms with Crippen molar-refractivity contribution in [1.82, 2.24) is 24.2 Å². The number of aromatic nitrogens is 4. The Hall–Kier alpha value is -4.02. The lowest BCUT2D eigenvalue weighted by molar-refractivity contribution is 0.122. The quantitative estimate of drug-likeness (QED) is 0.309. The first-order chi connectivity index (χ1) is 17.8. The van der Waals surface area contributed by atoms with Gasteiger partial charge < -0.3 is 9.47 Å². The van der Waals surface area contributed by atoms with Crippen LogP contribution in [0.25, 0.3) is 44.2 Å². The third kappa shape index (κ3) is 4.08. The molecule has 4 heterocycles. The van der Waals surface area contributed by atoms with Crippen LogP contribution in [0.5, 0.6) is 0 Å². The Balaban J connectivity index is 1.52. The van der Waals surface area contributed by atoms with Crippen molar-refractivity contribution in [2.24, 2.45) is 12.5 Å². The molecule has 0 unspecified atom stereocenters. The summed E-state index contributed by atoms with van der Waals surface area (Å²) in [7, 11) is 4.10. The van der Waals surface area contributed by atoms with Gasteiger partial charge in [0.1, 0.15) is 11.9 Å². The van der Waals surface area contributed by atoms with Crippen LogP contribution in [0.3, 0.4) is 0 Å². The lowest BCUT2D eigenvalue weighted by atomic mass is 9.80. The molecular weight excluding hydrogens is 463 g/mol. The van der Waals surface area contributed by atoms with E-state index in [9.17, 15) is 9.65 Å². The highest BCUT2D eigenvalue weighted by Crippen LogP contribution is 2.40. The van der Waals surface area contributed by atoms with E-state index in [1.807, 2.05) is 48.4 Å². The van der Waals surface area contributed by atoms with Gasteiger partial charge in [-0.15, -0.1) is 0 Å². The summed E-state index contributed by atoms with van der Waals surface area (Å²) in [4.78, 5) is 7.35. The van der Waals surface area contributed by atoms with Crippen LogP contribution in [0.15, 0.2) is 61.1 Å². The molecule has 0 N–H and O–H groups in total. The summed E-state index contributed by atoms with van der Waals surface area (Å²) in [5, 5.41) is 15.7. The number of pyridine rings is 1. The third-order valence-corrected chi connectivity index (χ3v) is 7.97. The SMILES string of the molecule is CN1CCC(C)(Cn2ccc3c(-c4ccc(C#N)c(F)c4)c(-c4ccc5c(cnn5C)c4)ncc32)CC1. The van der Waals surface area contributed by atoms with Crippen molar-refractivity contribution in [2.45, 2.75) is 26.3 Å². The van der Waals surface area contributed by atoms with Gasteiger partial charge in [-0.25, -0.2) is 4.39 Å². The van der Waals surface area contributed by atoms with Gasteiger partial charge in [0.2, 0.25) is 0 Å². The standard InChI is InChI=1S/C30H29FN6/c1-30(9-12-35(2)13-10-30)19-37-11-8-24-27(37)18-33-29(21-6-7-26-23(14-21)17-34-36(26)3)28(24)20-4-5-22(16-32)25(31)15-20/h4-8,11,14-15,17-18H,9-10,12-13,19H2,1-3H3. The van der Waals surface area contributed by atoms with Crippen molar-refractivity contribution in [3.05, 3.63) is 72.4 Å². The first kappa shape index (κ1) is 23.4. The summed E-state index contributed by atoms with van der Waals surface area (Å²) in [6, 6.07) is 15.0. The van der Waals surface area contributed by atoms with Crippen LogP contribution in [-0.4, -0.2) is 44.4 Å². The van der Waals surface area contributed by atoms with E-state index in [1.165, 1.54) is 6.07 Å². The minimum Gasteiger partial charge on any atom is -0.346 e. The van der Waals surface area contributed by atoms with Gasteiger partial charge in [-0.1, -0.05) is 19.1 Å². The predicted molar refractivity (Wildman–Crippen MR) is 144 cm³/mol. The van der Waals surface area contributed by atoms with Crippen molar-refractivity contribution in [3.8, 4) is 28.5 Å². The summed E-state index contributed by atoms with van der Waals surface area (Å²) >= 11 is 0. The third-order valence-electron chi connectivity index (χ3n) is 7.97. The Bertz CT molecular complexity index is 1680. The molecule has 37 heavy (non-hydrogen) atoms. The first-order valence-corrected chi connectivity index (χ1v) is 12.6. The number of fused-ring (bicyclic) bond motifs is 2. The lowest BCUT2D eigenvalue weighted by Gasteiger charge is -2.38. The van der Waals surface area contributed by atoms with E-state index in [0.29, 0.717) is 5.56 Å². The van der Waals surface area contributed by atoms with Gasteiger partial charge in [0.05, 0.1) is 34.7 Å². The number of nitriles is 1. The van der Waals surface area contributed by atoms with Crippen molar-refractivity contribution in [3.63, 3.8) is 0 Å². The molecule has 0 radical (unpaired) electrons. The summed E-state index contributed by atoms with van der Waals surface area (Å²) in [6.45, 7) is 5.48. The predicted octanol–water partition coefficient (Wildman–Crippen LogP) is 6.00. The number of likely N-dealkylation sites (tertiary alicyclic amines) is 1. The van der Waals surface area contributed by atoms with Gasteiger partial charge >= 0.3 is 0 Å². The molecule has 1 aliphatic heterocycles. The van der Waals surface area contributed by atoms with Crippen LogP contribution in [0.1, 0.15) is 25.3 Å². The average Bonchev–Trinajstić information content (AvgIpc) is 3.48. The van der Waals surface area contributed by atoms with Crippen molar-refractivity contribution in [1.29, 1.82) is 5.26 Å². The van der Waals surface area contributed by atoms with Crippen LogP contribution in [0.2, 0.25) is 0 Å². The second-order valence-corrected chi connectivity index (χ2v) is 10.7. The Morgan fingerprint density at radius 2 is 1.78 bits per heavy atom. The molecule has 0 spiro atoms. The maximum atomic E-state index is 14.8. The summed E-state index contributed by atoms with van der Waals surface area (Å²) in [6.07, 6.45) is 8.21. The zero-order valence-electron chi connectivity index (χ0n) is 21.4. The Morgan fingerprint density at radius 3 is 2.54 bits per heavy atom. The molecule has 3 aromatic heterocycles. The summed E-state index contributed by atoms with van der Waals surface area (Å²) in [5.41, 5.74) is 5.62. The van der Waals surface area contributed by atoms with E-state index in [4.69, 9.17) is 4.98 Å². The molecule has 6 nitrogen and oxygen atoms in total. The second kappa shape index (κ2) is 8.82. The molecular formula is C30H29FN6. The number of benzene rings is 2.